The van der Waals surface area contributed by atoms with Gasteiger partial charge in [0.1, 0.15) is 18.3 Å². The van der Waals surface area contributed by atoms with E-state index in [9.17, 15) is 14.4 Å². The second-order valence-corrected chi connectivity index (χ2v) is 9.19. The average Bonchev–Trinajstić information content (AvgIpc) is 3.27. The van der Waals surface area contributed by atoms with Crippen LogP contribution in [-0.2, 0) is 16.1 Å². The number of ether oxygens (including phenoxy) is 1. The predicted octanol–water partition coefficient (Wildman–Crippen LogP) is 4.04. The Morgan fingerprint density at radius 3 is 2.74 bits per heavy atom. The Kier molecular flexibility index (Phi) is 6.31. The molecular weight excluding hydrogens is 456 g/mol. The summed E-state index contributed by atoms with van der Waals surface area (Å²) in [6.07, 6.45) is 2.77. The highest BCUT2D eigenvalue weighted by atomic mass is 32.1. The van der Waals surface area contributed by atoms with Gasteiger partial charge in [-0.15, -0.1) is 11.3 Å². The molecule has 3 amide bonds. The van der Waals surface area contributed by atoms with Crippen molar-refractivity contribution >= 4 is 34.4 Å². The van der Waals surface area contributed by atoms with Crippen molar-refractivity contribution in [3.8, 4) is 11.5 Å². The first-order valence-corrected chi connectivity index (χ1v) is 12.1. The van der Waals surface area contributed by atoms with Crippen LogP contribution in [0.4, 0.5) is 9.93 Å². The van der Waals surface area contributed by atoms with E-state index >= 15 is 0 Å². The fourth-order valence-corrected chi connectivity index (χ4v) is 4.48. The Hall–Kier alpha value is -3.66. The molecule has 0 unspecified atom stereocenters. The summed E-state index contributed by atoms with van der Waals surface area (Å²) in [6.45, 7) is 0.622. The summed E-state index contributed by atoms with van der Waals surface area (Å²) in [5.74, 6) is 0.137. The maximum absolute atomic E-state index is 12.9. The van der Waals surface area contributed by atoms with Gasteiger partial charge in [-0.25, -0.2) is 9.78 Å². The van der Waals surface area contributed by atoms with Crippen LogP contribution in [0.15, 0.2) is 52.3 Å². The number of likely N-dealkylation sites (tertiary alicyclic amines) is 1. The maximum atomic E-state index is 12.9. The van der Waals surface area contributed by atoms with Crippen molar-refractivity contribution in [2.24, 2.45) is 0 Å². The number of benzene rings is 1. The summed E-state index contributed by atoms with van der Waals surface area (Å²) in [7, 11) is 0. The molecule has 2 aliphatic rings. The molecular formula is C24H24N4O5S. The molecule has 0 radical (unpaired) electrons. The molecule has 10 heteroatoms. The maximum Gasteiger partial charge on any atom is 0.410 e. The topological polar surface area (TPSA) is 114 Å². The summed E-state index contributed by atoms with van der Waals surface area (Å²) in [4.78, 5) is 43.5. The normalized spacial score (nSPS) is 17.4. The lowest BCUT2D eigenvalue weighted by Crippen LogP contribution is -2.43. The number of hydrogen-bond acceptors (Lipinski definition) is 7. The fourth-order valence-electron chi connectivity index (χ4n) is 3.77. The van der Waals surface area contributed by atoms with Crippen LogP contribution in [0.1, 0.15) is 41.8 Å². The summed E-state index contributed by atoms with van der Waals surface area (Å²) in [5, 5.41) is 7.81. The zero-order valence-electron chi connectivity index (χ0n) is 18.4. The van der Waals surface area contributed by atoms with Crippen LogP contribution >= 0.6 is 11.3 Å². The van der Waals surface area contributed by atoms with Gasteiger partial charge < -0.3 is 19.8 Å². The molecule has 1 aliphatic carbocycles. The van der Waals surface area contributed by atoms with Gasteiger partial charge in [0.2, 0.25) is 5.91 Å². The van der Waals surface area contributed by atoms with Crippen molar-refractivity contribution in [1.82, 2.24) is 15.2 Å². The standard InChI is InChI=1S/C24H24N4O5S/c29-21(18-7-4-12-28(18)24(31)32-13-15-5-2-1-3-6-15)27-23-26-17(14-34-23)19-10-11-20(33-19)22(30)25-16-8-9-16/h1-3,5-6,10-11,14,16,18H,4,7-9,12-13H2,(H,25,30)(H,26,27,29)/t18-/m0/s1. The minimum absolute atomic E-state index is 0.157. The number of amides is 3. The molecule has 3 aromatic rings. The minimum atomic E-state index is -0.614. The van der Waals surface area contributed by atoms with Crippen molar-refractivity contribution < 1.29 is 23.5 Å². The minimum Gasteiger partial charge on any atom is -0.449 e. The zero-order chi connectivity index (χ0) is 23.5. The number of aromatic nitrogens is 1. The average molecular weight is 481 g/mol. The van der Waals surface area contributed by atoms with E-state index in [0.717, 1.165) is 24.8 Å². The van der Waals surface area contributed by atoms with Gasteiger partial charge in [-0.3, -0.25) is 14.5 Å². The van der Waals surface area contributed by atoms with Gasteiger partial charge >= 0.3 is 6.09 Å². The van der Waals surface area contributed by atoms with Crippen LogP contribution in [0.3, 0.4) is 0 Å². The van der Waals surface area contributed by atoms with Gasteiger partial charge in [-0.05, 0) is 43.4 Å². The zero-order valence-corrected chi connectivity index (χ0v) is 19.2. The monoisotopic (exact) mass is 480 g/mol. The fraction of sp³-hybridized carbons (Fsp3) is 0.333. The first kappa shape index (κ1) is 22.1. The molecule has 0 spiro atoms. The van der Waals surface area contributed by atoms with E-state index < -0.39 is 12.1 Å². The van der Waals surface area contributed by atoms with Crippen molar-refractivity contribution in [3.05, 3.63) is 59.2 Å². The summed E-state index contributed by atoms with van der Waals surface area (Å²) in [5.41, 5.74) is 1.41. The third-order valence-corrected chi connectivity index (χ3v) is 6.48. The molecule has 1 aromatic carbocycles. The lowest BCUT2D eigenvalue weighted by atomic mass is 10.2. The number of hydrogen-bond donors (Lipinski definition) is 2. The number of thiazole rings is 1. The molecule has 2 aromatic heterocycles. The molecule has 2 fully saturated rings. The third-order valence-electron chi connectivity index (χ3n) is 5.72. The van der Waals surface area contributed by atoms with E-state index in [4.69, 9.17) is 9.15 Å². The van der Waals surface area contributed by atoms with Crippen molar-refractivity contribution in [2.75, 3.05) is 11.9 Å². The van der Waals surface area contributed by atoms with Crippen LogP contribution in [0.2, 0.25) is 0 Å². The molecule has 1 saturated carbocycles. The summed E-state index contributed by atoms with van der Waals surface area (Å²) >= 11 is 1.25. The number of nitrogens with zero attached hydrogens (tertiary/aromatic N) is 2. The summed E-state index contributed by atoms with van der Waals surface area (Å²) in [6, 6.07) is 12.3. The van der Waals surface area contributed by atoms with Gasteiger partial charge in [-0.2, -0.15) is 0 Å². The number of carbonyl (C=O) groups excluding carboxylic acids is 3. The Morgan fingerprint density at radius 1 is 1.12 bits per heavy atom. The first-order chi connectivity index (χ1) is 16.6. The Labute approximate surface area is 200 Å². The number of rotatable bonds is 7. The van der Waals surface area contributed by atoms with Gasteiger partial charge in [0, 0.05) is 18.0 Å². The third kappa shape index (κ3) is 5.12. The van der Waals surface area contributed by atoms with E-state index in [2.05, 4.69) is 15.6 Å². The highest BCUT2D eigenvalue weighted by molar-refractivity contribution is 7.14. The van der Waals surface area contributed by atoms with Crippen molar-refractivity contribution in [1.29, 1.82) is 0 Å². The van der Waals surface area contributed by atoms with Crippen molar-refractivity contribution in [2.45, 2.75) is 44.4 Å². The van der Waals surface area contributed by atoms with Crippen LogP contribution in [0, 0.1) is 0 Å². The molecule has 34 heavy (non-hydrogen) atoms. The second kappa shape index (κ2) is 9.68. The number of nitrogens with one attached hydrogen (secondary N) is 2. The molecule has 176 valence electrons. The number of anilines is 1. The Morgan fingerprint density at radius 2 is 1.94 bits per heavy atom. The van der Waals surface area contributed by atoms with Gasteiger partial charge in [0.25, 0.3) is 5.91 Å². The van der Waals surface area contributed by atoms with Gasteiger partial charge in [0.05, 0.1) is 0 Å². The van der Waals surface area contributed by atoms with Crippen LogP contribution in [0.5, 0.6) is 0 Å². The lowest BCUT2D eigenvalue weighted by molar-refractivity contribution is -0.120. The molecule has 3 heterocycles. The SMILES string of the molecule is O=C(NC1CC1)c1ccc(-c2csc(NC(=O)[C@@H]3CCCN3C(=O)OCc3ccccc3)n2)o1. The molecule has 1 saturated heterocycles. The molecule has 0 bridgehead atoms. The van der Waals surface area contributed by atoms with Crippen LogP contribution < -0.4 is 10.6 Å². The predicted molar refractivity (Wildman–Crippen MR) is 125 cm³/mol. The number of carbonyl (C=O) groups is 3. The molecule has 1 aliphatic heterocycles. The van der Waals surface area contributed by atoms with E-state index in [-0.39, 0.29) is 30.2 Å². The quantitative estimate of drug-likeness (QED) is 0.528. The highest BCUT2D eigenvalue weighted by Crippen LogP contribution is 2.28. The van der Waals surface area contributed by atoms with E-state index in [0.29, 0.717) is 29.6 Å². The van der Waals surface area contributed by atoms with E-state index in [1.807, 2.05) is 30.3 Å². The molecule has 9 nitrogen and oxygen atoms in total. The van der Waals surface area contributed by atoms with E-state index in [1.165, 1.54) is 16.2 Å². The lowest BCUT2D eigenvalue weighted by Gasteiger charge is -2.22. The molecule has 1 atom stereocenters. The second-order valence-electron chi connectivity index (χ2n) is 8.33. The van der Waals surface area contributed by atoms with Crippen LogP contribution in [-0.4, -0.2) is 46.4 Å². The van der Waals surface area contributed by atoms with E-state index in [1.54, 1.807) is 17.5 Å². The Bertz CT molecular complexity index is 1190. The smallest absolute Gasteiger partial charge is 0.410 e. The van der Waals surface area contributed by atoms with Gasteiger partial charge in [-0.1, -0.05) is 30.3 Å². The molecule has 2 N–H and O–H groups in total. The molecule has 5 rings (SSSR count). The number of furan rings is 1. The largest absolute Gasteiger partial charge is 0.449 e. The highest BCUT2D eigenvalue weighted by Gasteiger charge is 2.35. The van der Waals surface area contributed by atoms with Crippen LogP contribution in [0.25, 0.3) is 11.5 Å². The summed E-state index contributed by atoms with van der Waals surface area (Å²) < 4.78 is 11.0. The first-order valence-electron chi connectivity index (χ1n) is 11.2. The Balaban J connectivity index is 1.18. The van der Waals surface area contributed by atoms with Crippen molar-refractivity contribution in [3.63, 3.8) is 0 Å². The van der Waals surface area contributed by atoms with Gasteiger partial charge in [0.15, 0.2) is 16.7 Å².